The van der Waals surface area contributed by atoms with Crippen molar-refractivity contribution < 1.29 is 14.7 Å². The SMILES string of the molecule is Cc1n[nH]c(C)c1C(=O)NCc1ccccc1CC(=O)O. The lowest BCUT2D eigenvalue weighted by molar-refractivity contribution is -0.136. The zero-order valence-corrected chi connectivity index (χ0v) is 11.9. The van der Waals surface area contributed by atoms with Crippen molar-refractivity contribution in [3.05, 3.63) is 52.3 Å². The molecule has 1 heterocycles. The Hall–Kier alpha value is -2.63. The minimum absolute atomic E-state index is 0.0597. The van der Waals surface area contributed by atoms with Crippen molar-refractivity contribution in [2.24, 2.45) is 0 Å². The third kappa shape index (κ3) is 3.47. The Labute approximate surface area is 122 Å². The molecule has 110 valence electrons. The second-order valence-corrected chi connectivity index (χ2v) is 4.83. The molecule has 1 aromatic carbocycles. The molecule has 0 fully saturated rings. The zero-order valence-electron chi connectivity index (χ0n) is 11.9. The first-order chi connectivity index (χ1) is 9.99. The van der Waals surface area contributed by atoms with E-state index in [0.29, 0.717) is 22.5 Å². The number of hydrogen-bond acceptors (Lipinski definition) is 3. The fraction of sp³-hybridized carbons (Fsp3) is 0.267. The van der Waals surface area contributed by atoms with Crippen molar-refractivity contribution in [1.82, 2.24) is 15.5 Å². The van der Waals surface area contributed by atoms with E-state index in [2.05, 4.69) is 15.5 Å². The van der Waals surface area contributed by atoms with Crippen LogP contribution < -0.4 is 5.32 Å². The number of hydrogen-bond donors (Lipinski definition) is 3. The van der Waals surface area contributed by atoms with E-state index >= 15 is 0 Å². The number of aromatic nitrogens is 2. The smallest absolute Gasteiger partial charge is 0.307 e. The van der Waals surface area contributed by atoms with Crippen LogP contribution in [-0.4, -0.2) is 27.2 Å². The van der Waals surface area contributed by atoms with E-state index in [0.717, 1.165) is 5.56 Å². The first-order valence-electron chi connectivity index (χ1n) is 6.57. The Morgan fingerprint density at radius 2 is 1.90 bits per heavy atom. The maximum absolute atomic E-state index is 12.2. The molecule has 0 aliphatic carbocycles. The molecular formula is C15H17N3O3. The van der Waals surface area contributed by atoms with Crippen LogP contribution in [0.1, 0.15) is 32.9 Å². The van der Waals surface area contributed by atoms with Gasteiger partial charge in [0.15, 0.2) is 0 Å². The standard InChI is InChI=1S/C15H17N3O3/c1-9-14(10(2)18-17-9)15(21)16-8-12-6-4-3-5-11(12)7-13(19)20/h3-6H,7-8H2,1-2H3,(H,16,21)(H,17,18)(H,19,20). The van der Waals surface area contributed by atoms with Crippen LogP contribution in [0.4, 0.5) is 0 Å². The number of carboxylic acid groups (broad SMARTS) is 1. The van der Waals surface area contributed by atoms with Crippen molar-refractivity contribution in [1.29, 1.82) is 0 Å². The van der Waals surface area contributed by atoms with Crippen LogP contribution in [0.15, 0.2) is 24.3 Å². The fourth-order valence-corrected chi connectivity index (χ4v) is 2.21. The van der Waals surface area contributed by atoms with Gasteiger partial charge in [0.2, 0.25) is 0 Å². The molecule has 1 aromatic heterocycles. The number of nitrogens with one attached hydrogen (secondary N) is 2. The van der Waals surface area contributed by atoms with Gasteiger partial charge in [-0.15, -0.1) is 0 Å². The summed E-state index contributed by atoms with van der Waals surface area (Å²) in [6, 6.07) is 7.17. The highest BCUT2D eigenvalue weighted by molar-refractivity contribution is 5.96. The molecule has 0 saturated heterocycles. The molecule has 0 unspecified atom stereocenters. The molecule has 6 nitrogen and oxygen atoms in total. The predicted molar refractivity (Wildman–Crippen MR) is 77.0 cm³/mol. The number of nitrogens with zero attached hydrogens (tertiary/aromatic N) is 1. The third-order valence-corrected chi connectivity index (χ3v) is 3.25. The lowest BCUT2D eigenvalue weighted by atomic mass is 10.0. The van der Waals surface area contributed by atoms with Gasteiger partial charge in [-0.1, -0.05) is 24.3 Å². The molecule has 3 N–H and O–H groups in total. The van der Waals surface area contributed by atoms with E-state index in [-0.39, 0.29) is 18.9 Å². The molecule has 0 aliphatic heterocycles. The van der Waals surface area contributed by atoms with E-state index in [4.69, 9.17) is 5.11 Å². The van der Waals surface area contributed by atoms with Gasteiger partial charge in [-0.05, 0) is 25.0 Å². The summed E-state index contributed by atoms with van der Waals surface area (Å²) in [4.78, 5) is 23.0. The zero-order chi connectivity index (χ0) is 15.4. The molecule has 0 aliphatic rings. The van der Waals surface area contributed by atoms with Gasteiger partial charge in [-0.3, -0.25) is 14.7 Å². The predicted octanol–water partition coefficient (Wildman–Crippen LogP) is 1.58. The molecule has 21 heavy (non-hydrogen) atoms. The molecule has 6 heteroatoms. The van der Waals surface area contributed by atoms with Gasteiger partial charge in [-0.25, -0.2) is 0 Å². The molecule has 0 atom stereocenters. The molecular weight excluding hydrogens is 270 g/mol. The van der Waals surface area contributed by atoms with E-state index in [1.165, 1.54) is 0 Å². The Kier molecular flexibility index (Phi) is 4.37. The minimum atomic E-state index is -0.893. The number of amides is 1. The van der Waals surface area contributed by atoms with Gasteiger partial charge in [0, 0.05) is 12.2 Å². The average molecular weight is 287 g/mol. The first-order valence-corrected chi connectivity index (χ1v) is 6.57. The van der Waals surface area contributed by atoms with Gasteiger partial charge >= 0.3 is 5.97 Å². The summed E-state index contributed by atoms with van der Waals surface area (Å²) in [5.74, 6) is -1.11. The van der Waals surface area contributed by atoms with Gasteiger partial charge in [0.1, 0.15) is 0 Å². The Morgan fingerprint density at radius 1 is 1.24 bits per heavy atom. The monoisotopic (exact) mass is 287 g/mol. The number of H-pyrrole nitrogens is 1. The van der Waals surface area contributed by atoms with Gasteiger partial charge in [0.25, 0.3) is 5.91 Å². The second kappa shape index (κ2) is 6.21. The fourth-order valence-electron chi connectivity index (χ4n) is 2.21. The molecule has 2 rings (SSSR count). The highest BCUT2D eigenvalue weighted by Crippen LogP contribution is 2.12. The van der Waals surface area contributed by atoms with Crippen LogP contribution in [0.5, 0.6) is 0 Å². The van der Waals surface area contributed by atoms with Gasteiger partial charge in [0.05, 0.1) is 17.7 Å². The lowest BCUT2D eigenvalue weighted by Gasteiger charge is -2.09. The molecule has 1 amide bonds. The van der Waals surface area contributed by atoms with Crippen molar-refractivity contribution >= 4 is 11.9 Å². The summed E-state index contributed by atoms with van der Waals surface area (Å²) in [5, 5.41) is 18.4. The molecule has 0 saturated carbocycles. The lowest BCUT2D eigenvalue weighted by Crippen LogP contribution is -2.24. The number of carbonyl (C=O) groups excluding carboxylic acids is 1. The van der Waals surface area contributed by atoms with E-state index in [9.17, 15) is 9.59 Å². The van der Waals surface area contributed by atoms with Crippen molar-refractivity contribution in [2.75, 3.05) is 0 Å². The van der Waals surface area contributed by atoms with Crippen LogP contribution in [0.3, 0.4) is 0 Å². The maximum Gasteiger partial charge on any atom is 0.307 e. The highest BCUT2D eigenvalue weighted by atomic mass is 16.4. The van der Waals surface area contributed by atoms with Crippen LogP contribution in [-0.2, 0) is 17.8 Å². The summed E-state index contributed by atoms with van der Waals surface area (Å²) in [6.07, 6.45) is -0.0597. The average Bonchev–Trinajstić information content (AvgIpc) is 2.76. The second-order valence-electron chi connectivity index (χ2n) is 4.83. The Balaban J connectivity index is 2.10. The third-order valence-electron chi connectivity index (χ3n) is 3.25. The van der Waals surface area contributed by atoms with Gasteiger partial charge in [-0.2, -0.15) is 5.10 Å². The van der Waals surface area contributed by atoms with Crippen LogP contribution in [0.25, 0.3) is 0 Å². The minimum Gasteiger partial charge on any atom is -0.481 e. The molecule has 2 aromatic rings. The number of benzene rings is 1. The quantitative estimate of drug-likeness (QED) is 0.778. The summed E-state index contributed by atoms with van der Waals surface area (Å²) < 4.78 is 0. The van der Waals surface area contributed by atoms with Gasteiger partial charge < -0.3 is 10.4 Å². The molecule has 0 bridgehead atoms. The number of rotatable bonds is 5. The van der Waals surface area contributed by atoms with E-state index in [1.807, 2.05) is 12.1 Å². The summed E-state index contributed by atoms with van der Waals surface area (Å²) in [5.41, 5.74) is 3.39. The first kappa shape index (κ1) is 14.8. The number of carbonyl (C=O) groups is 2. The Bertz CT molecular complexity index is 657. The molecule has 0 spiro atoms. The number of aliphatic carboxylic acids is 1. The molecule has 0 radical (unpaired) electrons. The summed E-state index contributed by atoms with van der Waals surface area (Å²) >= 11 is 0. The number of aryl methyl sites for hydroxylation is 2. The Morgan fingerprint density at radius 3 is 2.48 bits per heavy atom. The van der Waals surface area contributed by atoms with Crippen LogP contribution in [0.2, 0.25) is 0 Å². The number of carboxylic acids is 1. The van der Waals surface area contributed by atoms with Crippen LogP contribution >= 0.6 is 0 Å². The van der Waals surface area contributed by atoms with Crippen molar-refractivity contribution in [3.63, 3.8) is 0 Å². The number of aromatic amines is 1. The van der Waals surface area contributed by atoms with Crippen LogP contribution in [0, 0.1) is 13.8 Å². The normalized spacial score (nSPS) is 10.4. The topological polar surface area (TPSA) is 95.1 Å². The van der Waals surface area contributed by atoms with Crippen molar-refractivity contribution in [3.8, 4) is 0 Å². The highest BCUT2D eigenvalue weighted by Gasteiger charge is 2.15. The maximum atomic E-state index is 12.2. The summed E-state index contributed by atoms with van der Waals surface area (Å²) in [6.45, 7) is 3.83. The van der Waals surface area contributed by atoms with E-state index < -0.39 is 5.97 Å². The largest absolute Gasteiger partial charge is 0.481 e. The summed E-state index contributed by atoms with van der Waals surface area (Å²) in [7, 11) is 0. The van der Waals surface area contributed by atoms with E-state index in [1.54, 1.807) is 26.0 Å². The van der Waals surface area contributed by atoms with Crippen molar-refractivity contribution in [2.45, 2.75) is 26.8 Å².